The Bertz CT molecular complexity index is 591. The molecule has 19 heavy (non-hydrogen) atoms. The minimum atomic E-state index is -0.847. The van der Waals surface area contributed by atoms with Crippen molar-refractivity contribution < 1.29 is 13.6 Å². The van der Waals surface area contributed by atoms with Crippen molar-refractivity contribution in [1.29, 1.82) is 0 Å². The molecule has 1 heterocycles. The quantitative estimate of drug-likeness (QED) is 0.881. The number of nitrogens with one attached hydrogen (secondary N) is 1. The van der Waals surface area contributed by atoms with Crippen LogP contribution in [0.2, 0.25) is 0 Å². The highest BCUT2D eigenvalue weighted by Gasteiger charge is 2.15. The first-order chi connectivity index (χ1) is 8.47. The molecular formula is C13H13ClF2N2O. The summed E-state index contributed by atoms with van der Waals surface area (Å²) >= 11 is 0. The van der Waals surface area contributed by atoms with Crippen LogP contribution in [0, 0.1) is 25.5 Å². The Hall–Kier alpha value is -1.75. The Morgan fingerprint density at radius 2 is 2.00 bits per heavy atom. The van der Waals surface area contributed by atoms with E-state index in [1.807, 2.05) is 13.8 Å². The average Bonchev–Trinajstić information content (AvgIpc) is 2.57. The number of halogens is 3. The van der Waals surface area contributed by atoms with Gasteiger partial charge in [-0.3, -0.25) is 4.79 Å². The predicted molar refractivity (Wildman–Crippen MR) is 69.7 cm³/mol. The number of aryl methyl sites for hydroxylation is 2. The number of carbonyl (C=O) groups is 1. The zero-order chi connectivity index (χ0) is 13.3. The number of hydrogen-bond donors (Lipinski definition) is 1. The largest absolute Gasteiger partial charge is 0.345 e. The number of nitrogens with zero attached hydrogens (tertiary/aromatic N) is 1. The summed E-state index contributed by atoms with van der Waals surface area (Å²) < 4.78 is 26.1. The van der Waals surface area contributed by atoms with E-state index in [9.17, 15) is 13.6 Å². The predicted octanol–water partition coefficient (Wildman–Crippen LogP) is 3.15. The molecule has 0 atom stereocenters. The molecule has 0 aliphatic heterocycles. The molecule has 0 saturated heterocycles. The lowest BCUT2D eigenvalue weighted by Gasteiger charge is -2.01. The molecule has 0 fully saturated rings. The van der Waals surface area contributed by atoms with Crippen molar-refractivity contribution in [3.63, 3.8) is 0 Å². The zero-order valence-corrected chi connectivity index (χ0v) is 11.3. The van der Waals surface area contributed by atoms with Crippen LogP contribution in [0.4, 0.5) is 8.78 Å². The third-order valence-corrected chi connectivity index (χ3v) is 2.74. The number of aromatic amines is 1. The molecule has 1 N–H and O–H groups in total. The molecule has 3 nitrogen and oxygen atoms in total. The summed E-state index contributed by atoms with van der Waals surface area (Å²) in [5.74, 6) is -1.49. The van der Waals surface area contributed by atoms with Crippen LogP contribution >= 0.6 is 12.4 Å². The van der Waals surface area contributed by atoms with Crippen molar-refractivity contribution in [2.75, 3.05) is 0 Å². The van der Waals surface area contributed by atoms with Gasteiger partial charge in [0.15, 0.2) is 5.78 Å². The molecule has 0 aliphatic rings. The molecule has 1 aromatic carbocycles. The van der Waals surface area contributed by atoms with Gasteiger partial charge in [-0.15, -0.1) is 12.4 Å². The summed E-state index contributed by atoms with van der Waals surface area (Å²) in [5.41, 5.74) is 1.55. The molecule has 0 spiro atoms. The van der Waals surface area contributed by atoms with Crippen molar-refractivity contribution in [2.24, 2.45) is 0 Å². The number of ketones is 1. The minimum Gasteiger partial charge on any atom is -0.345 e. The number of aromatic nitrogens is 2. The van der Waals surface area contributed by atoms with Crippen LogP contribution in [0.3, 0.4) is 0 Å². The number of Topliss-reactive ketones (excluding diaryl/α,β-unsaturated/α-hetero) is 1. The summed E-state index contributed by atoms with van der Waals surface area (Å²) in [6, 6.07) is 2.91. The fourth-order valence-corrected chi connectivity index (χ4v) is 1.67. The van der Waals surface area contributed by atoms with Crippen molar-refractivity contribution in [1.82, 2.24) is 9.97 Å². The van der Waals surface area contributed by atoms with Crippen LogP contribution in [0.25, 0.3) is 0 Å². The first-order valence-corrected chi connectivity index (χ1v) is 5.47. The highest BCUT2D eigenvalue weighted by atomic mass is 35.5. The average molecular weight is 287 g/mol. The van der Waals surface area contributed by atoms with E-state index in [1.165, 1.54) is 0 Å². The van der Waals surface area contributed by atoms with Crippen molar-refractivity contribution >= 4 is 18.2 Å². The highest BCUT2D eigenvalue weighted by Crippen LogP contribution is 2.13. The minimum absolute atomic E-state index is 0. The molecule has 102 valence electrons. The van der Waals surface area contributed by atoms with Gasteiger partial charge in [0, 0.05) is 11.8 Å². The zero-order valence-electron chi connectivity index (χ0n) is 10.5. The maximum Gasteiger partial charge on any atom is 0.173 e. The van der Waals surface area contributed by atoms with Gasteiger partial charge in [-0.25, -0.2) is 13.8 Å². The third-order valence-electron chi connectivity index (χ3n) is 2.74. The monoisotopic (exact) mass is 286 g/mol. The molecule has 0 saturated carbocycles. The molecule has 0 bridgehead atoms. The number of H-pyrrole nitrogens is 1. The molecule has 0 aliphatic carbocycles. The lowest BCUT2D eigenvalue weighted by molar-refractivity contribution is 0.0987. The number of hydrogen-bond acceptors (Lipinski definition) is 2. The van der Waals surface area contributed by atoms with E-state index in [1.54, 1.807) is 0 Å². The van der Waals surface area contributed by atoms with Crippen LogP contribution in [-0.4, -0.2) is 15.8 Å². The normalized spacial score (nSPS) is 10.1. The Morgan fingerprint density at radius 3 is 2.53 bits per heavy atom. The molecular weight excluding hydrogens is 274 g/mol. The van der Waals surface area contributed by atoms with Crippen LogP contribution in [0.5, 0.6) is 0 Å². The van der Waals surface area contributed by atoms with Gasteiger partial charge in [0.25, 0.3) is 0 Å². The summed E-state index contributed by atoms with van der Waals surface area (Å²) in [6.45, 7) is 3.66. The van der Waals surface area contributed by atoms with Crippen LogP contribution in [-0.2, 0) is 6.42 Å². The first-order valence-electron chi connectivity index (χ1n) is 5.47. The van der Waals surface area contributed by atoms with Gasteiger partial charge in [-0.1, -0.05) is 0 Å². The standard InChI is InChI=1S/C13H12F2N2O.ClH/c1-7-8(2)17-13(16-7)6-12(18)10-4-3-9(14)5-11(10)15;/h3-5H,6H2,1-2H3,(H,16,17);1H. The van der Waals surface area contributed by atoms with E-state index in [0.29, 0.717) is 11.9 Å². The molecule has 2 aromatic rings. The van der Waals surface area contributed by atoms with Crippen LogP contribution < -0.4 is 0 Å². The highest BCUT2D eigenvalue weighted by molar-refractivity contribution is 5.97. The molecule has 0 amide bonds. The fourth-order valence-electron chi connectivity index (χ4n) is 1.67. The summed E-state index contributed by atoms with van der Waals surface area (Å²) in [4.78, 5) is 18.9. The second-order valence-electron chi connectivity index (χ2n) is 4.12. The fraction of sp³-hybridized carbons (Fsp3) is 0.231. The number of imidazole rings is 1. The van der Waals surface area contributed by atoms with E-state index in [0.717, 1.165) is 23.5 Å². The molecule has 0 unspecified atom stereocenters. The third kappa shape index (κ3) is 3.38. The Balaban J connectivity index is 0.00000180. The maximum atomic E-state index is 13.4. The van der Waals surface area contributed by atoms with Gasteiger partial charge in [-0.05, 0) is 26.0 Å². The summed E-state index contributed by atoms with van der Waals surface area (Å²) in [5, 5.41) is 0. The Labute approximate surface area is 115 Å². The maximum absolute atomic E-state index is 13.4. The second kappa shape index (κ2) is 5.93. The Kier molecular flexibility index (Phi) is 4.78. The van der Waals surface area contributed by atoms with E-state index < -0.39 is 17.4 Å². The van der Waals surface area contributed by atoms with Crippen molar-refractivity contribution in [3.8, 4) is 0 Å². The molecule has 1 aromatic heterocycles. The van der Waals surface area contributed by atoms with Gasteiger partial charge in [0.2, 0.25) is 0 Å². The lowest BCUT2D eigenvalue weighted by atomic mass is 10.1. The van der Waals surface area contributed by atoms with Crippen molar-refractivity contribution in [2.45, 2.75) is 20.3 Å². The number of benzene rings is 1. The second-order valence-corrected chi connectivity index (χ2v) is 4.12. The Morgan fingerprint density at radius 1 is 1.32 bits per heavy atom. The van der Waals surface area contributed by atoms with Crippen LogP contribution in [0.1, 0.15) is 27.6 Å². The van der Waals surface area contributed by atoms with Crippen LogP contribution in [0.15, 0.2) is 18.2 Å². The molecule has 0 radical (unpaired) electrons. The van der Waals surface area contributed by atoms with Gasteiger partial charge < -0.3 is 4.98 Å². The molecule has 2 rings (SSSR count). The van der Waals surface area contributed by atoms with E-state index in [4.69, 9.17) is 0 Å². The smallest absolute Gasteiger partial charge is 0.173 e. The van der Waals surface area contributed by atoms with E-state index >= 15 is 0 Å². The number of rotatable bonds is 3. The SMILES string of the molecule is Cc1nc(CC(=O)c2ccc(F)cc2F)[nH]c1C.Cl. The summed E-state index contributed by atoms with van der Waals surface area (Å²) in [7, 11) is 0. The topological polar surface area (TPSA) is 45.8 Å². The summed E-state index contributed by atoms with van der Waals surface area (Å²) in [6.07, 6.45) is -0.0305. The van der Waals surface area contributed by atoms with Gasteiger partial charge >= 0.3 is 0 Å². The van der Waals surface area contributed by atoms with Gasteiger partial charge in [-0.2, -0.15) is 0 Å². The molecule has 6 heteroatoms. The van der Waals surface area contributed by atoms with E-state index in [-0.39, 0.29) is 24.4 Å². The van der Waals surface area contributed by atoms with Gasteiger partial charge in [0.05, 0.1) is 17.7 Å². The first kappa shape index (κ1) is 15.3. The number of carbonyl (C=O) groups excluding carboxylic acids is 1. The lowest BCUT2D eigenvalue weighted by Crippen LogP contribution is -2.07. The van der Waals surface area contributed by atoms with E-state index in [2.05, 4.69) is 9.97 Å². The van der Waals surface area contributed by atoms with Crippen molar-refractivity contribution in [3.05, 3.63) is 52.6 Å². The van der Waals surface area contributed by atoms with Gasteiger partial charge in [0.1, 0.15) is 17.5 Å².